The lowest BCUT2D eigenvalue weighted by Gasteiger charge is -2.35. The van der Waals surface area contributed by atoms with E-state index in [4.69, 9.17) is 0 Å². The number of aromatic nitrogens is 3. The number of anilines is 1. The fraction of sp³-hybridized carbons (Fsp3) is 0.550. The first-order chi connectivity index (χ1) is 12.8. The highest BCUT2D eigenvalue weighted by Crippen LogP contribution is 2.31. The number of carbonyl (C=O) groups excluding carboxylic acids is 1. The molecule has 3 heterocycles. The van der Waals surface area contributed by atoms with Crippen molar-refractivity contribution in [1.29, 1.82) is 0 Å². The minimum Gasteiger partial charge on any atom is -0.333 e. The highest BCUT2D eigenvalue weighted by molar-refractivity contribution is 5.89. The lowest BCUT2D eigenvalue weighted by molar-refractivity contribution is 0.157. The van der Waals surface area contributed by atoms with Gasteiger partial charge in [-0.25, -0.2) is 9.78 Å². The van der Waals surface area contributed by atoms with E-state index in [9.17, 15) is 4.79 Å². The molecule has 1 fully saturated rings. The van der Waals surface area contributed by atoms with E-state index in [1.165, 1.54) is 24.1 Å². The van der Waals surface area contributed by atoms with Crippen molar-refractivity contribution in [3.8, 4) is 0 Å². The molecular formula is C20H27N5O. The molecular weight excluding hydrogens is 326 g/mol. The number of rotatable bonds is 3. The van der Waals surface area contributed by atoms with Gasteiger partial charge in [-0.1, -0.05) is 0 Å². The quantitative estimate of drug-likeness (QED) is 0.909. The van der Waals surface area contributed by atoms with Crippen LogP contribution in [0.5, 0.6) is 0 Å². The number of hydrogen-bond acceptors (Lipinski definition) is 3. The first kappa shape index (κ1) is 17.1. The molecule has 26 heavy (non-hydrogen) atoms. The van der Waals surface area contributed by atoms with Gasteiger partial charge in [-0.2, -0.15) is 0 Å². The molecule has 6 nitrogen and oxygen atoms in total. The van der Waals surface area contributed by atoms with E-state index in [-0.39, 0.29) is 12.1 Å². The third-order valence-electron chi connectivity index (χ3n) is 5.57. The maximum atomic E-state index is 13.0. The molecule has 2 aliphatic rings. The molecule has 6 heteroatoms. The van der Waals surface area contributed by atoms with Crippen molar-refractivity contribution in [1.82, 2.24) is 19.4 Å². The summed E-state index contributed by atoms with van der Waals surface area (Å²) in [5.74, 6) is 0.992. The van der Waals surface area contributed by atoms with Gasteiger partial charge in [0.1, 0.15) is 5.82 Å². The van der Waals surface area contributed by atoms with Crippen molar-refractivity contribution >= 4 is 11.7 Å². The summed E-state index contributed by atoms with van der Waals surface area (Å²) in [7, 11) is 0. The third-order valence-corrected chi connectivity index (χ3v) is 5.57. The molecule has 138 valence electrons. The van der Waals surface area contributed by atoms with Crippen molar-refractivity contribution < 1.29 is 4.79 Å². The number of urea groups is 1. The summed E-state index contributed by atoms with van der Waals surface area (Å²) in [5.41, 5.74) is 3.28. The minimum absolute atomic E-state index is 0.0436. The zero-order valence-electron chi connectivity index (χ0n) is 15.4. The van der Waals surface area contributed by atoms with E-state index < -0.39 is 0 Å². The number of hydrogen-bond donors (Lipinski definition) is 1. The van der Waals surface area contributed by atoms with Crippen molar-refractivity contribution in [3.63, 3.8) is 0 Å². The lowest BCUT2D eigenvalue weighted by Crippen LogP contribution is -2.42. The van der Waals surface area contributed by atoms with E-state index in [2.05, 4.69) is 32.8 Å². The molecule has 1 aliphatic carbocycles. The Balaban J connectivity index is 1.52. The van der Waals surface area contributed by atoms with Gasteiger partial charge in [-0.05, 0) is 63.5 Å². The predicted molar refractivity (Wildman–Crippen MR) is 101 cm³/mol. The zero-order valence-corrected chi connectivity index (χ0v) is 15.4. The normalized spacial score (nSPS) is 19.9. The summed E-state index contributed by atoms with van der Waals surface area (Å²) in [6.45, 7) is 3.75. The SMILES string of the molecule is CCn1ccnc1[C@H]1CCCCN1C(=O)Nc1cnc2c(c1)CCCC2. The van der Waals surface area contributed by atoms with Gasteiger partial charge in [-0.15, -0.1) is 0 Å². The minimum atomic E-state index is -0.0436. The fourth-order valence-electron chi connectivity index (χ4n) is 4.18. The Kier molecular flexibility index (Phi) is 4.91. The van der Waals surface area contributed by atoms with Crippen LogP contribution in [0.25, 0.3) is 0 Å². The number of pyridine rings is 1. The van der Waals surface area contributed by atoms with Crippen LogP contribution in [0, 0.1) is 0 Å². The van der Waals surface area contributed by atoms with Crippen molar-refractivity contribution in [2.45, 2.75) is 64.5 Å². The van der Waals surface area contributed by atoms with Gasteiger partial charge in [0.15, 0.2) is 0 Å². The molecule has 1 aliphatic heterocycles. The van der Waals surface area contributed by atoms with Crippen LogP contribution in [0.4, 0.5) is 10.5 Å². The zero-order chi connectivity index (χ0) is 17.9. The maximum Gasteiger partial charge on any atom is 0.322 e. The number of nitrogens with zero attached hydrogens (tertiary/aromatic N) is 4. The number of amides is 2. The molecule has 0 unspecified atom stereocenters. The molecule has 4 rings (SSSR count). The summed E-state index contributed by atoms with van der Waals surface area (Å²) in [6.07, 6.45) is 13.3. The molecule has 2 amide bonds. The van der Waals surface area contributed by atoms with Gasteiger partial charge in [0.2, 0.25) is 0 Å². The summed E-state index contributed by atoms with van der Waals surface area (Å²) < 4.78 is 2.14. The second-order valence-corrected chi connectivity index (χ2v) is 7.24. The first-order valence-electron chi connectivity index (χ1n) is 9.82. The van der Waals surface area contributed by atoms with E-state index in [1.54, 1.807) is 6.20 Å². The molecule has 1 saturated heterocycles. The van der Waals surface area contributed by atoms with Crippen LogP contribution in [-0.4, -0.2) is 32.0 Å². The van der Waals surface area contributed by atoms with E-state index >= 15 is 0 Å². The maximum absolute atomic E-state index is 13.0. The van der Waals surface area contributed by atoms with Gasteiger partial charge < -0.3 is 14.8 Å². The van der Waals surface area contributed by atoms with Crippen molar-refractivity contribution in [2.75, 3.05) is 11.9 Å². The predicted octanol–water partition coefficient (Wildman–Crippen LogP) is 3.94. The number of nitrogens with one attached hydrogen (secondary N) is 1. The number of fused-ring (bicyclic) bond motifs is 1. The molecule has 1 atom stereocenters. The Hall–Kier alpha value is -2.37. The topological polar surface area (TPSA) is 63.1 Å². The molecule has 1 N–H and O–H groups in total. The van der Waals surface area contributed by atoms with Crippen LogP contribution in [0.1, 0.15) is 62.2 Å². The molecule has 2 aromatic rings. The number of imidazole rings is 1. The first-order valence-corrected chi connectivity index (χ1v) is 9.82. The Labute approximate surface area is 154 Å². The highest BCUT2D eigenvalue weighted by atomic mass is 16.2. The molecule has 0 saturated carbocycles. The van der Waals surface area contributed by atoms with Crippen molar-refractivity contribution in [3.05, 3.63) is 41.7 Å². The monoisotopic (exact) mass is 353 g/mol. The number of likely N-dealkylation sites (tertiary alicyclic amines) is 1. The molecule has 0 bridgehead atoms. The van der Waals surface area contributed by atoms with Crippen LogP contribution in [-0.2, 0) is 19.4 Å². The lowest BCUT2D eigenvalue weighted by atomic mass is 9.96. The highest BCUT2D eigenvalue weighted by Gasteiger charge is 2.31. The second kappa shape index (κ2) is 7.48. The summed E-state index contributed by atoms with van der Waals surface area (Å²) in [5, 5.41) is 3.08. The average Bonchev–Trinajstić information content (AvgIpc) is 3.16. The van der Waals surface area contributed by atoms with E-state index in [1.807, 2.05) is 17.3 Å². The Bertz CT molecular complexity index is 784. The summed E-state index contributed by atoms with van der Waals surface area (Å²) >= 11 is 0. The number of aryl methyl sites for hydroxylation is 3. The van der Waals surface area contributed by atoms with Gasteiger partial charge in [0, 0.05) is 31.2 Å². The van der Waals surface area contributed by atoms with Gasteiger partial charge in [0.25, 0.3) is 0 Å². The third kappa shape index (κ3) is 3.32. The van der Waals surface area contributed by atoms with Crippen LogP contribution >= 0.6 is 0 Å². The molecule has 2 aromatic heterocycles. The molecule has 0 spiro atoms. The average molecular weight is 353 g/mol. The molecule has 0 radical (unpaired) electrons. The summed E-state index contributed by atoms with van der Waals surface area (Å²) in [6, 6.07) is 2.10. The largest absolute Gasteiger partial charge is 0.333 e. The number of carbonyl (C=O) groups is 1. The Morgan fingerprint density at radius 1 is 1.23 bits per heavy atom. The smallest absolute Gasteiger partial charge is 0.322 e. The Morgan fingerprint density at radius 3 is 3.00 bits per heavy atom. The Morgan fingerprint density at radius 2 is 2.12 bits per heavy atom. The molecule has 0 aromatic carbocycles. The summed E-state index contributed by atoms with van der Waals surface area (Å²) in [4.78, 5) is 24.0. The number of piperidine rings is 1. The second-order valence-electron chi connectivity index (χ2n) is 7.24. The van der Waals surface area contributed by atoms with Gasteiger partial charge in [-0.3, -0.25) is 4.98 Å². The van der Waals surface area contributed by atoms with Crippen LogP contribution in [0.15, 0.2) is 24.7 Å². The van der Waals surface area contributed by atoms with E-state index in [0.29, 0.717) is 0 Å². The van der Waals surface area contributed by atoms with Gasteiger partial charge >= 0.3 is 6.03 Å². The van der Waals surface area contributed by atoms with E-state index in [0.717, 1.165) is 56.7 Å². The van der Waals surface area contributed by atoms with Crippen molar-refractivity contribution in [2.24, 2.45) is 0 Å². The fourth-order valence-corrected chi connectivity index (χ4v) is 4.18. The van der Waals surface area contributed by atoms with Crippen LogP contribution in [0.3, 0.4) is 0 Å². The standard InChI is InChI=1S/C20H27N5O/c1-2-24-12-10-21-19(24)18-9-5-6-11-25(18)20(26)23-16-13-15-7-3-4-8-17(15)22-14-16/h10,12-14,18H,2-9,11H2,1H3,(H,23,26)/t18-/m1/s1. The van der Waals surface area contributed by atoms with Gasteiger partial charge in [0.05, 0.1) is 17.9 Å². The van der Waals surface area contributed by atoms with Crippen LogP contribution in [0.2, 0.25) is 0 Å². The van der Waals surface area contributed by atoms with Crippen LogP contribution < -0.4 is 5.32 Å².